The zero-order valence-electron chi connectivity index (χ0n) is 13.3. The van der Waals surface area contributed by atoms with Crippen LogP contribution in [-0.4, -0.2) is 51.3 Å². The Hall–Kier alpha value is -2.64. The van der Waals surface area contributed by atoms with Gasteiger partial charge in [0.25, 0.3) is 0 Å². The summed E-state index contributed by atoms with van der Waals surface area (Å²) in [6.45, 7) is 1.77. The lowest BCUT2D eigenvalue weighted by atomic mass is 9.96. The molecule has 0 atom stereocenters. The van der Waals surface area contributed by atoms with Gasteiger partial charge < -0.3 is 14.4 Å². The minimum Gasteiger partial charge on any atom is -0.454 e. The second-order valence-electron chi connectivity index (χ2n) is 6.11. The summed E-state index contributed by atoms with van der Waals surface area (Å²) < 4.78 is 10.7. The molecule has 0 radical (unpaired) electrons. The predicted octanol–water partition coefficient (Wildman–Crippen LogP) is 1.27. The third kappa shape index (κ3) is 3.04. The summed E-state index contributed by atoms with van der Waals surface area (Å²) in [5, 5.41) is 14.2. The highest BCUT2D eigenvalue weighted by Gasteiger charge is 2.26. The molecule has 126 valence electrons. The van der Waals surface area contributed by atoms with Crippen molar-refractivity contribution in [2.75, 3.05) is 19.9 Å². The number of aryl methyl sites for hydroxylation is 1. The molecule has 1 aromatic carbocycles. The molecular weight excluding hydrogens is 310 g/mol. The Morgan fingerprint density at radius 3 is 2.88 bits per heavy atom. The number of benzene rings is 1. The summed E-state index contributed by atoms with van der Waals surface area (Å²) in [5.41, 5.74) is 1.09. The van der Waals surface area contributed by atoms with Gasteiger partial charge in [-0.1, -0.05) is 11.3 Å². The quantitative estimate of drug-likeness (QED) is 0.908. The standard InChI is InChI=1S/C16H19N5O3/c22-15(4-2-11-1-3-13-14(9-11)24-10-23-13)21-7-5-12(6-8-21)16-17-19-20-18-16/h1,3,9,12H,2,4-8,10H2,(H,17,18,19,20). The molecule has 8 heteroatoms. The van der Waals surface area contributed by atoms with E-state index in [1.807, 2.05) is 23.1 Å². The molecule has 8 nitrogen and oxygen atoms in total. The molecule has 0 spiro atoms. The van der Waals surface area contributed by atoms with Crippen LogP contribution in [0.2, 0.25) is 0 Å². The summed E-state index contributed by atoms with van der Waals surface area (Å²) >= 11 is 0. The third-order valence-corrected chi connectivity index (χ3v) is 4.64. The van der Waals surface area contributed by atoms with Gasteiger partial charge in [0.2, 0.25) is 12.7 Å². The van der Waals surface area contributed by atoms with Gasteiger partial charge in [0.1, 0.15) is 0 Å². The summed E-state index contributed by atoms with van der Waals surface area (Å²) in [7, 11) is 0. The highest BCUT2D eigenvalue weighted by atomic mass is 16.7. The number of hydrogen-bond donors (Lipinski definition) is 1. The summed E-state index contributed by atoms with van der Waals surface area (Å²) in [6, 6.07) is 5.85. The number of ether oxygens (including phenoxy) is 2. The fraction of sp³-hybridized carbons (Fsp3) is 0.500. The topological polar surface area (TPSA) is 93.2 Å². The van der Waals surface area contributed by atoms with E-state index in [4.69, 9.17) is 9.47 Å². The lowest BCUT2D eigenvalue weighted by Crippen LogP contribution is -2.38. The number of carbonyl (C=O) groups excluding carboxylic acids is 1. The first kappa shape index (κ1) is 14.9. The molecule has 1 amide bonds. The zero-order valence-corrected chi connectivity index (χ0v) is 13.3. The highest BCUT2D eigenvalue weighted by molar-refractivity contribution is 5.76. The van der Waals surface area contributed by atoms with E-state index >= 15 is 0 Å². The van der Waals surface area contributed by atoms with Gasteiger partial charge in [0.15, 0.2) is 17.3 Å². The van der Waals surface area contributed by atoms with Crippen LogP contribution < -0.4 is 9.47 Å². The molecule has 2 aromatic rings. The van der Waals surface area contributed by atoms with Gasteiger partial charge in [-0.2, -0.15) is 5.21 Å². The largest absolute Gasteiger partial charge is 0.454 e. The smallest absolute Gasteiger partial charge is 0.231 e. The number of aromatic nitrogens is 4. The van der Waals surface area contributed by atoms with Gasteiger partial charge in [-0.15, -0.1) is 10.2 Å². The van der Waals surface area contributed by atoms with Crippen molar-refractivity contribution in [3.8, 4) is 11.5 Å². The van der Waals surface area contributed by atoms with Crippen molar-refractivity contribution in [2.24, 2.45) is 0 Å². The van der Waals surface area contributed by atoms with Crippen LogP contribution in [0.15, 0.2) is 18.2 Å². The van der Waals surface area contributed by atoms with Crippen LogP contribution in [-0.2, 0) is 11.2 Å². The summed E-state index contributed by atoms with van der Waals surface area (Å²) in [5.74, 6) is 2.78. The Bertz CT molecular complexity index is 711. The summed E-state index contributed by atoms with van der Waals surface area (Å²) in [6.07, 6.45) is 2.98. The Balaban J connectivity index is 1.28. The molecule has 1 aromatic heterocycles. The maximum Gasteiger partial charge on any atom is 0.231 e. The Labute approximate surface area is 139 Å². The van der Waals surface area contributed by atoms with Crippen molar-refractivity contribution < 1.29 is 14.3 Å². The van der Waals surface area contributed by atoms with Gasteiger partial charge in [-0.25, -0.2) is 0 Å². The van der Waals surface area contributed by atoms with Crippen LogP contribution in [0, 0.1) is 0 Å². The minimum absolute atomic E-state index is 0.194. The second kappa shape index (κ2) is 6.46. The Morgan fingerprint density at radius 2 is 2.08 bits per heavy atom. The SMILES string of the molecule is O=C(CCc1ccc2c(c1)OCO2)N1CCC(c2nn[nH]n2)CC1. The highest BCUT2D eigenvalue weighted by Crippen LogP contribution is 2.33. The van der Waals surface area contributed by atoms with Crippen molar-refractivity contribution in [2.45, 2.75) is 31.6 Å². The van der Waals surface area contributed by atoms with E-state index in [0.717, 1.165) is 48.8 Å². The maximum atomic E-state index is 12.4. The van der Waals surface area contributed by atoms with E-state index in [-0.39, 0.29) is 12.7 Å². The molecule has 24 heavy (non-hydrogen) atoms. The number of rotatable bonds is 4. The van der Waals surface area contributed by atoms with Crippen LogP contribution in [0.4, 0.5) is 0 Å². The van der Waals surface area contributed by atoms with Gasteiger partial charge >= 0.3 is 0 Å². The number of likely N-dealkylation sites (tertiary alicyclic amines) is 1. The van der Waals surface area contributed by atoms with Crippen LogP contribution in [0.3, 0.4) is 0 Å². The maximum absolute atomic E-state index is 12.4. The fourth-order valence-electron chi connectivity index (χ4n) is 3.24. The number of piperidine rings is 1. The van der Waals surface area contributed by atoms with E-state index in [0.29, 0.717) is 18.8 Å². The molecule has 1 N–H and O–H groups in total. The van der Waals surface area contributed by atoms with Crippen molar-refractivity contribution in [1.29, 1.82) is 0 Å². The number of fused-ring (bicyclic) bond motifs is 1. The van der Waals surface area contributed by atoms with E-state index in [1.54, 1.807) is 0 Å². The molecular formula is C16H19N5O3. The molecule has 1 saturated heterocycles. The van der Waals surface area contributed by atoms with Crippen molar-refractivity contribution in [3.63, 3.8) is 0 Å². The number of H-pyrrole nitrogens is 1. The number of aromatic amines is 1. The lowest BCUT2D eigenvalue weighted by molar-refractivity contribution is -0.132. The molecule has 1 fully saturated rings. The first-order chi connectivity index (χ1) is 11.8. The molecule has 2 aliphatic rings. The molecule has 3 heterocycles. The third-order valence-electron chi connectivity index (χ3n) is 4.64. The molecule has 0 saturated carbocycles. The van der Waals surface area contributed by atoms with E-state index in [2.05, 4.69) is 20.6 Å². The molecule has 0 unspecified atom stereocenters. The van der Waals surface area contributed by atoms with Gasteiger partial charge in [0, 0.05) is 25.4 Å². The van der Waals surface area contributed by atoms with Crippen molar-refractivity contribution in [3.05, 3.63) is 29.6 Å². The van der Waals surface area contributed by atoms with E-state index in [1.165, 1.54) is 0 Å². The first-order valence-corrected chi connectivity index (χ1v) is 8.19. The van der Waals surface area contributed by atoms with Gasteiger partial charge in [-0.05, 0) is 37.0 Å². The molecule has 4 rings (SSSR count). The Morgan fingerprint density at radius 1 is 1.25 bits per heavy atom. The number of nitrogens with zero attached hydrogens (tertiary/aromatic N) is 4. The van der Waals surface area contributed by atoms with E-state index < -0.39 is 0 Å². The molecule has 2 aliphatic heterocycles. The molecule has 0 bridgehead atoms. The first-order valence-electron chi connectivity index (χ1n) is 8.19. The lowest BCUT2D eigenvalue weighted by Gasteiger charge is -2.30. The minimum atomic E-state index is 0.194. The average Bonchev–Trinajstić information content (AvgIpc) is 3.31. The number of tetrazole rings is 1. The number of nitrogens with one attached hydrogen (secondary N) is 1. The predicted molar refractivity (Wildman–Crippen MR) is 83.6 cm³/mol. The van der Waals surface area contributed by atoms with Crippen molar-refractivity contribution >= 4 is 5.91 Å². The van der Waals surface area contributed by atoms with E-state index in [9.17, 15) is 4.79 Å². The number of amides is 1. The zero-order chi connectivity index (χ0) is 16.4. The van der Waals surface area contributed by atoms with Crippen molar-refractivity contribution in [1.82, 2.24) is 25.5 Å². The monoisotopic (exact) mass is 329 g/mol. The number of hydrogen-bond acceptors (Lipinski definition) is 6. The van der Waals surface area contributed by atoms with Crippen LogP contribution in [0.1, 0.15) is 36.6 Å². The summed E-state index contributed by atoms with van der Waals surface area (Å²) in [4.78, 5) is 14.4. The van der Waals surface area contributed by atoms with Gasteiger partial charge in [-0.3, -0.25) is 4.79 Å². The van der Waals surface area contributed by atoms with Gasteiger partial charge in [0.05, 0.1) is 0 Å². The fourth-order valence-corrected chi connectivity index (χ4v) is 3.24. The Kier molecular flexibility index (Phi) is 4.02. The second-order valence-corrected chi connectivity index (χ2v) is 6.11. The van der Waals surface area contributed by atoms with Crippen LogP contribution >= 0.6 is 0 Å². The molecule has 0 aliphatic carbocycles. The normalized spacial score (nSPS) is 17.2. The van der Waals surface area contributed by atoms with Crippen LogP contribution in [0.25, 0.3) is 0 Å². The average molecular weight is 329 g/mol. The van der Waals surface area contributed by atoms with Crippen LogP contribution in [0.5, 0.6) is 11.5 Å². The number of carbonyl (C=O) groups is 1.